The quantitative estimate of drug-likeness (QED) is 0.235. The summed E-state index contributed by atoms with van der Waals surface area (Å²) in [5.41, 5.74) is 12.2. The zero-order valence-electron chi connectivity index (χ0n) is 24.5. The van der Waals surface area contributed by atoms with Gasteiger partial charge < -0.3 is 4.90 Å². The van der Waals surface area contributed by atoms with Crippen LogP contribution in [0.4, 0.5) is 5.69 Å². The standard InChI is InChI=1S/C42H33NS/c1-3-11-28(12-4-1)32-23-33(29-13-5-2-6-14-29)25-34(24-32)43-39-17-9-7-15-35(39)37-26-30(19-21-40(37)43)31-20-22-42-38(27-31)36-16-8-10-18-41(36)44-42/h1-24,26-27,33,36-37,40-41H,25H2. The number of hydrogen-bond donors (Lipinski definition) is 0. The third kappa shape index (κ3) is 4.31. The summed E-state index contributed by atoms with van der Waals surface area (Å²) in [6, 6.07) is 38.3. The van der Waals surface area contributed by atoms with Crippen LogP contribution in [-0.4, -0.2) is 11.3 Å². The molecule has 212 valence electrons. The SMILES string of the molecule is C1=CC2Sc3ccc(C4=CC5c6ccccc6N(C6=CC(c7ccccc7)=CC(c7ccccc7)C6)C5C=C4)cc3C2C=C1. The van der Waals surface area contributed by atoms with E-state index in [1.165, 1.54) is 55.2 Å². The minimum absolute atomic E-state index is 0.259. The minimum Gasteiger partial charge on any atom is -0.337 e. The Morgan fingerprint density at radius 3 is 2.32 bits per heavy atom. The summed E-state index contributed by atoms with van der Waals surface area (Å²) in [5.74, 6) is 1.11. The maximum atomic E-state index is 2.64. The van der Waals surface area contributed by atoms with Gasteiger partial charge >= 0.3 is 0 Å². The van der Waals surface area contributed by atoms with Crippen LogP contribution in [0.15, 0.2) is 168 Å². The highest BCUT2D eigenvalue weighted by Crippen LogP contribution is 2.52. The average molecular weight is 584 g/mol. The molecule has 4 aromatic rings. The van der Waals surface area contributed by atoms with Gasteiger partial charge in [0.25, 0.3) is 0 Å². The molecular formula is C42H33NS. The van der Waals surface area contributed by atoms with E-state index in [9.17, 15) is 0 Å². The van der Waals surface area contributed by atoms with Crippen molar-refractivity contribution in [3.05, 3.63) is 191 Å². The van der Waals surface area contributed by atoms with Crippen molar-refractivity contribution < 1.29 is 0 Å². The van der Waals surface area contributed by atoms with Crippen molar-refractivity contribution in [3.63, 3.8) is 0 Å². The second-order valence-electron chi connectivity index (χ2n) is 12.4. The summed E-state index contributed by atoms with van der Waals surface area (Å²) in [5, 5.41) is 0.527. The van der Waals surface area contributed by atoms with Gasteiger partial charge in [-0.05, 0) is 69.7 Å². The summed E-state index contributed by atoms with van der Waals surface area (Å²) in [7, 11) is 0. The molecule has 5 aliphatic rings. The van der Waals surface area contributed by atoms with Gasteiger partial charge in [0.1, 0.15) is 0 Å². The van der Waals surface area contributed by atoms with Gasteiger partial charge in [-0.2, -0.15) is 0 Å². The van der Waals surface area contributed by atoms with E-state index in [1.807, 2.05) is 11.8 Å². The van der Waals surface area contributed by atoms with Crippen LogP contribution in [0, 0.1) is 0 Å². The summed E-state index contributed by atoms with van der Waals surface area (Å²) in [4.78, 5) is 4.06. The molecular weight excluding hydrogens is 551 g/mol. The van der Waals surface area contributed by atoms with Crippen molar-refractivity contribution in [3.8, 4) is 0 Å². The smallest absolute Gasteiger partial charge is 0.0626 e. The van der Waals surface area contributed by atoms with Crippen molar-refractivity contribution in [1.29, 1.82) is 0 Å². The first kappa shape index (κ1) is 25.9. The fourth-order valence-electron chi connectivity index (χ4n) is 7.78. The highest BCUT2D eigenvalue weighted by atomic mass is 32.2. The molecule has 0 saturated heterocycles. The largest absolute Gasteiger partial charge is 0.337 e. The molecule has 5 unspecified atom stereocenters. The van der Waals surface area contributed by atoms with Gasteiger partial charge in [-0.3, -0.25) is 0 Å². The normalized spacial score (nSPS) is 25.9. The Labute approximate surface area is 264 Å². The number of rotatable bonds is 4. The van der Waals surface area contributed by atoms with E-state index in [1.54, 1.807) is 0 Å². The van der Waals surface area contributed by atoms with Gasteiger partial charge in [-0.1, -0.05) is 134 Å². The predicted molar refractivity (Wildman–Crippen MR) is 186 cm³/mol. The molecule has 9 rings (SSSR count). The van der Waals surface area contributed by atoms with Gasteiger partial charge in [-0.15, -0.1) is 11.8 Å². The molecule has 44 heavy (non-hydrogen) atoms. The van der Waals surface area contributed by atoms with Gasteiger partial charge in [0.2, 0.25) is 0 Å². The zero-order chi connectivity index (χ0) is 29.0. The summed E-state index contributed by atoms with van der Waals surface area (Å²) >= 11 is 2.00. The summed E-state index contributed by atoms with van der Waals surface area (Å²) in [6.07, 6.45) is 22.4. The van der Waals surface area contributed by atoms with E-state index < -0.39 is 0 Å². The third-order valence-corrected chi connectivity index (χ3v) is 11.2. The zero-order valence-corrected chi connectivity index (χ0v) is 25.3. The Balaban J connectivity index is 1.10. The minimum atomic E-state index is 0.259. The second-order valence-corrected chi connectivity index (χ2v) is 13.6. The maximum absolute atomic E-state index is 2.64. The summed E-state index contributed by atoms with van der Waals surface area (Å²) < 4.78 is 0. The van der Waals surface area contributed by atoms with Gasteiger partial charge in [0.05, 0.1) is 6.04 Å². The Kier molecular flexibility index (Phi) is 6.23. The number of allylic oxidation sites excluding steroid dienone is 9. The van der Waals surface area contributed by atoms with E-state index in [-0.39, 0.29) is 6.04 Å². The lowest BCUT2D eigenvalue weighted by molar-refractivity contribution is 0.684. The van der Waals surface area contributed by atoms with Crippen LogP contribution in [0.3, 0.4) is 0 Å². The van der Waals surface area contributed by atoms with Crippen LogP contribution in [-0.2, 0) is 0 Å². The van der Waals surface area contributed by atoms with Gasteiger partial charge in [-0.25, -0.2) is 0 Å². The first-order valence-electron chi connectivity index (χ1n) is 15.8. The van der Waals surface area contributed by atoms with E-state index in [2.05, 4.69) is 163 Å². The van der Waals surface area contributed by atoms with E-state index >= 15 is 0 Å². The number of hydrogen-bond acceptors (Lipinski definition) is 2. The Bertz CT molecular complexity index is 1940. The molecule has 2 heterocycles. The maximum Gasteiger partial charge on any atom is 0.0626 e. The van der Waals surface area contributed by atoms with Crippen LogP contribution in [0.1, 0.15) is 52.0 Å². The van der Waals surface area contributed by atoms with Crippen LogP contribution in [0.25, 0.3) is 11.1 Å². The molecule has 0 N–H and O–H groups in total. The Morgan fingerprint density at radius 1 is 0.636 bits per heavy atom. The number of fused-ring (bicyclic) bond motifs is 6. The molecule has 0 aromatic heterocycles. The molecule has 2 heteroatoms. The number of thioether (sulfide) groups is 1. The number of nitrogens with zero attached hydrogens (tertiary/aromatic N) is 1. The molecule has 0 spiro atoms. The van der Waals surface area contributed by atoms with E-state index in [0.717, 1.165) is 6.42 Å². The lowest BCUT2D eigenvalue weighted by Crippen LogP contribution is -2.33. The van der Waals surface area contributed by atoms with Gasteiger partial charge in [0, 0.05) is 39.3 Å². The molecule has 2 aliphatic heterocycles. The molecule has 5 atom stereocenters. The van der Waals surface area contributed by atoms with Crippen molar-refractivity contribution in [1.82, 2.24) is 0 Å². The van der Waals surface area contributed by atoms with Crippen LogP contribution in [0.5, 0.6) is 0 Å². The van der Waals surface area contributed by atoms with Crippen molar-refractivity contribution in [2.75, 3.05) is 4.90 Å². The van der Waals surface area contributed by atoms with Crippen LogP contribution in [0.2, 0.25) is 0 Å². The fraction of sp³-hybridized carbons (Fsp3) is 0.143. The molecule has 3 aliphatic carbocycles. The first-order chi connectivity index (χ1) is 21.8. The Morgan fingerprint density at radius 2 is 1.43 bits per heavy atom. The Hall–Kier alpha value is -4.53. The lowest BCUT2D eigenvalue weighted by Gasteiger charge is -2.35. The fourth-order valence-corrected chi connectivity index (χ4v) is 9.10. The molecule has 4 aromatic carbocycles. The molecule has 1 nitrogen and oxygen atoms in total. The topological polar surface area (TPSA) is 3.24 Å². The number of anilines is 1. The van der Waals surface area contributed by atoms with E-state index in [0.29, 0.717) is 23.0 Å². The highest BCUT2D eigenvalue weighted by Gasteiger charge is 2.40. The highest BCUT2D eigenvalue weighted by molar-refractivity contribution is 8.00. The molecule has 0 radical (unpaired) electrons. The lowest BCUT2D eigenvalue weighted by atomic mass is 9.83. The van der Waals surface area contributed by atoms with Gasteiger partial charge in [0.15, 0.2) is 0 Å². The average Bonchev–Trinajstić information content (AvgIpc) is 3.64. The number of benzene rings is 4. The summed E-state index contributed by atoms with van der Waals surface area (Å²) in [6.45, 7) is 0. The second kappa shape index (κ2) is 10.6. The van der Waals surface area contributed by atoms with Crippen LogP contribution >= 0.6 is 11.8 Å². The van der Waals surface area contributed by atoms with Crippen LogP contribution < -0.4 is 4.90 Å². The molecule has 0 saturated carbocycles. The van der Waals surface area contributed by atoms with E-state index in [4.69, 9.17) is 0 Å². The van der Waals surface area contributed by atoms with Crippen molar-refractivity contribution in [2.24, 2.45) is 0 Å². The monoisotopic (exact) mass is 583 g/mol. The van der Waals surface area contributed by atoms with Crippen molar-refractivity contribution >= 4 is 28.6 Å². The molecule has 0 amide bonds. The number of para-hydroxylation sites is 1. The predicted octanol–water partition coefficient (Wildman–Crippen LogP) is 10.5. The molecule has 0 fully saturated rings. The third-order valence-electron chi connectivity index (χ3n) is 9.88. The van der Waals surface area contributed by atoms with Crippen molar-refractivity contribution in [2.45, 2.75) is 40.4 Å². The molecule has 0 bridgehead atoms. The first-order valence-corrected chi connectivity index (χ1v) is 16.6.